The highest BCUT2D eigenvalue weighted by Crippen LogP contribution is 2.15. The Morgan fingerprint density at radius 1 is 1.04 bits per heavy atom. The summed E-state index contributed by atoms with van der Waals surface area (Å²) in [6, 6.07) is 15.0. The molecule has 0 aliphatic carbocycles. The third kappa shape index (κ3) is 5.56. The maximum atomic E-state index is 12.3. The van der Waals surface area contributed by atoms with Crippen molar-refractivity contribution in [3.63, 3.8) is 0 Å². The minimum absolute atomic E-state index is 0.0598. The van der Waals surface area contributed by atoms with Crippen molar-refractivity contribution in [1.82, 2.24) is 4.90 Å². The van der Waals surface area contributed by atoms with Gasteiger partial charge in [0.15, 0.2) is 0 Å². The molecule has 27 heavy (non-hydrogen) atoms. The monoisotopic (exact) mass is 367 g/mol. The van der Waals surface area contributed by atoms with E-state index in [-0.39, 0.29) is 11.8 Å². The largest absolute Gasteiger partial charge is 0.399 e. The van der Waals surface area contributed by atoms with Crippen LogP contribution in [0.1, 0.15) is 17.5 Å². The zero-order chi connectivity index (χ0) is 19.1. The van der Waals surface area contributed by atoms with Crippen molar-refractivity contribution in [2.24, 2.45) is 0 Å². The van der Waals surface area contributed by atoms with Crippen LogP contribution < -0.4 is 11.1 Å². The summed E-state index contributed by atoms with van der Waals surface area (Å²) in [4.78, 5) is 26.2. The summed E-state index contributed by atoms with van der Waals surface area (Å²) in [7, 11) is 0. The Balaban J connectivity index is 1.47. The van der Waals surface area contributed by atoms with Gasteiger partial charge in [-0.2, -0.15) is 0 Å². The molecule has 1 saturated heterocycles. The molecule has 2 aromatic carbocycles. The molecule has 1 fully saturated rings. The van der Waals surface area contributed by atoms with Crippen LogP contribution >= 0.6 is 0 Å². The second-order valence-electron chi connectivity index (χ2n) is 6.61. The molecule has 2 amide bonds. The van der Waals surface area contributed by atoms with Gasteiger partial charge in [-0.15, -0.1) is 0 Å². The standard InChI is InChI=1S/C21H25N3O3/c22-19-4-2-1-3-17(19)7-10-20(25)23-18-8-5-16(6-9-18)15-21(26)24-11-13-27-14-12-24/h1-6,8-9H,7,10-15,22H2,(H,23,25). The molecular formula is C21H25N3O3. The van der Waals surface area contributed by atoms with Crippen molar-refractivity contribution in [3.8, 4) is 0 Å². The smallest absolute Gasteiger partial charge is 0.227 e. The fraction of sp³-hybridized carbons (Fsp3) is 0.333. The summed E-state index contributed by atoms with van der Waals surface area (Å²) >= 11 is 0. The summed E-state index contributed by atoms with van der Waals surface area (Å²) in [6.07, 6.45) is 1.33. The quantitative estimate of drug-likeness (QED) is 0.767. The van der Waals surface area contributed by atoms with Crippen molar-refractivity contribution < 1.29 is 14.3 Å². The van der Waals surface area contributed by atoms with Gasteiger partial charge in [0.1, 0.15) is 0 Å². The highest BCUT2D eigenvalue weighted by Gasteiger charge is 2.16. The Hall–Kier alpha value is -2.86. The lowest BCUT2D eigenvalue weighted by Gasteiger charge is -2.26. The molecule has 0 aromatic heterocycles. The van der Waals surface area contributed by atoms with Gasteiger partial charge in [0.05, 0.1) is 19.6 Å². The number of nitrogens with two attached hydrogens (primary N) is 1. The van der Waals surface area contributed by atoms with Crippen molar-refractivity contribution >= 4 is 23.2 Å². The van der Waals surface area contributed by atoms with Crippen LogP contribution in [0.3, 0.4) is 0 Å². The van der Waals surface area contributed by atoms with Crippen LogP contribution in [0.2, 0.25) is 0 Å². The van der Waals surface area contributed by atoms with Gasteiger partial charge in [0.2, 0.25) is 11.8 Å². The van der Waals surface area contributed by atoms with E-state index in [1.807, 2.05) is 53.4 Å². The molecule has 6 nitrogen and oxygen atoms in total. The van der Waals surface area contributed by atoms with Crippen LogP contribution in [0.15, 0.2) is 48.5 Å². The molecule has 1 aliphatic heterocycles. The second-order valence-corrected chi connectivity index (χ2v) is 6.61. The van der Waals surface area contributed by atoms with Crippen molar-refractivity contribution in [1.29, 1.82) is 0 Å². The predicted molar refractivity (Wildman–Crippen MR) is 105 cm³/mol. The lowest BCUT2D eigenvalue weighted by molar-refractivity contribution is -0.134. The van der Waals surface area contributed by atoms with Crippen LogP contribution in [-0.2, 0) is 27.2 Å². The number of nitrogen functional groups attached to an aromatic ring is 1. The molecule has 2 aromatic rings. The van der Waals surface area contributed by atoms with E-state index < -0.39 is 0 Å². The number of anilines is 2. The lowest BCUT2D eigenvalue weighted by Crippen LogP contribution is -2.41. The number of nitrogens with one attached hydrogen (secondary N) is 1. The van der Waals surface area contributed by atoms with Crippen LogP contribution in [0, 0.1) is 0 Å². The molecule has 0 bridgehead atoms. The number of morpholine rings is 1. The zero-order valence-corrected chi connectivity index (χ0v) is 15.3. The first kappa shape index (κ1) is 18.9. The number of hydrogen-bond acceptors (Lipinski definition) is 4. The Bertz CT molecular complexity index is 784. The van der Waals surface area contributed by atoms with Gasteiger partial charge >= 0.3 is 0 Å². The van der Waals surface area contributed by atoms with Crippen LogP contribution in [0.5, 0.6) is 0 Å². The Morgan fingerprint density at radius 3 is 2.44 bits per heavy atom. The molecule has 142 valence electrons. The average Bonchev–Trinajstić information content (AvgIpc) is 2.69. The highest BCUT2D eigenvalue weighted by atomic mass is 16.5. The topological polar surface area (TPSA) is 84.7 Å². The summed E-state index contributed by atoms with van der Waals surface area (Å²) in [5.41, 5.74) is 9.24. The van der Waals surface area contributed by atoms with Crippen LogP contribution in [-0.4, -0.2) is 43.0 Å². The molecule has 1 aliphatic rings. The average molecular weight is 367 g/mol. The van der Waals surface area contributed by atoms with E-state index in [4.69, 9.17) is 10.5 Å². The molecule has 0 saturated carbocycles. The maximum absolute atomic E-state index is 12.3. The van der Waals surface area contributed by atoms with Gasteiger partial charge in [-0.3, -0.25) is 9.59 Å². The molecule has 0 radical (unpaired) electrons. The number of aryl methyl sites for hydroxylation is 1. The number of amides is 2. The molecule has 0 spiro atoms. The van der Waals surface area contributed by atoms with E-state index in [2.05, 4.69) is 5.32 Å². The predicted octanol–water partition coefficient (Wildman–Crippen LogP) is 2.24. The van der Waals surface area contributed by atoms with Gasteiger partial charge in [0.25, 0.3) is 0 Å². The zero-order valence-electron chi connectivity index (χ0n) is 15.3. The Kier molecular flexibility index (Phi) is 6.44. The number of ether oxygens (including phenoxy) is 1. The number of carbonyl (C=O) groups excluding carboxylic acids is 2. The first-order chi connectivity index (χ1) is 13.1. The second kappa shape index (κ2) is 9.19. The molecule has 0 unspecified atom stereocenters. The Morgan fingerprint density at radius 2 is 1.74 bits per heavy atom. The van der Waals surface area contributed by atoms with Crippen molar-refractivity contribution in [2.75, 3.05) is 37.4 Å². The first-order valence-electron chi connectivity index (χ1n) is 9.19. The van der Waals surface area contributed by atoms with Gasteiger partial charge in [-0.05, 0) is 35.7 Å². The van der Waals surface area contributed by atoms with Crippen molar-refractivity contribution in [3.05, 3.63) is 59.7 Å². The van der Waals surface area contributed by atoms with Gasteiger partial charge in [0, 0.05) is 30.9 Å². The van der Waals surface area contributed by atoms with E-state index in [0.29, 0.717) is 51.3 Å². The van der Waals surface area contributed by atoms with Gasteiger partial charge < -0.3 is 20.7 Å². The summed E-state index contributed by atoms with van der Waals surface area (Å²) in [5.74, 6) is 0.0472. The number of carbonyl (C=O) groups is 2. The van der Waals surface area contributed by atoms with Crippen LogP contribution in [0.4, 0.5) is 11.4 Å². The summed E-state index contributed by atoms with van der Waals surface area (Å²) < 4.78 is 5.27. The fourth-order valence-electron chi connectivity index (χ4n) is 3.04. The van der Waals surface area contributed by atoms with E-state index in [0.717, 1.165) is 16.8 Å². The van der Waals surface area contributed by atoms with Crippen LogP contribution in [0.25, 0.3) is 0 Å². The third-order valence-corrected chi connectivity index (χ3v) is 4.63. The minimum Gasteiger partial charge on any atom is -0.399 e. The molecule has 3 N–H and O–H groups in total. The van der Waals surface area contributed by atoms with E-state index >= 15 is 0 Å². The highest BCUT2D eigenvalue weighted by molar-refractivity contribution is 5.91. The van der Waals surface area contributed by atoms with Gasteiger partial charge in [-0.25, -0.2) is 0 Å². The number of para-hydroxylation sites is 1. The first-order valence-corrected chi connectivity index (χ1v) is 9.19. The summed E-state index contributed by atoms with van der Waals surface area (Å²) in [5, 5.41) is 2.88. The third-order valence-electron chi connectivity index (χ3n) is 4.63. The van der Waals surface area contributed by atoms with E-state index in [1.165, 1.54) is 0 Å². The maximum Gasteiger partial charge on any atom is 0.227 e. The molecule has 0 atom stereocenters. The van der Waals surface area contributed by atoms with E-state index in [1.54, 1.807) is 0 Å². The summed E-state index contributed by atoms with van der Waals surface area (Å²) in [6.45, 7) is 2.51. The van der Waals surface area contributed by atoms with Crippen molar-refractivity contribution in [2.45, 2.75) is 19.3 Å². The SMILES string of the molecule is Nc1ccccc1CCC(=O)Nc1ccc(CC(=O)N2CCOCC2)cc1. The molecule has 1 heterocycles. The number of nitrogens with zero attached hydrogens (tertiary/aromatic N) is 1. The molecular weight excluding hydrogens is 342 g/mol. The normalized spacial score (nSPS) is 14.0. The number of benzene rings is 2. The molecule has 3 rings (SSSR count). The minimum atomic E-state index is -0.0598. The Labute approximate surface area is 159 Å². The van der Waals surface area contributed by atoms with Gasteiger partial charge in [-0.1, -0.05) is 30.3 Å². The fourth-order valence-corrected chi connectivity index (χ4v) is 3.04. The lowest BCUT2D eigenvalue weighted by atomic mass is 10.1. The number of rotatable bonds is 6. The molecule has 6 heteroatoms. The number of hydrogen-bond donors (Lipinski definition) is 2. The van der Waals surface area contributed by atoms with E-state index in [9.17, 15) is 9.59 Å².